The zero-order chi connectivity index (χ0) is 44.5. The highest BCUT2D eigenvalue weighted by Gasteiger charge is 2.58. The van der Waals surface area contributed by atoms with Crippen LogP contribution >= 0.6 is 0 Å². The van der Waals surface area contributed by atoms with Crippen LogP contribution in [0.1, 0.15) is 94.9 Å². The zero-order valence-electron chi connectivity index (χ0n) is 36.8. The Hall–Kier alpha value is -3.33. The van der Waals surface area contributed by atoms with Gasteiger partial charge in [0, 0.05) is 37.3 Å². The number of primary amides is 2. The number of aliphatic hydroxyl groups is 1. The molecule has 4 aliphatic rings. The molecule has 4 rings (SSSR count). The smallest absolute Gasteiger partial charge is 0.408 e. The summed E-state index contributed by atoms with van der Waals surface area (Å²) in [6.45, 7) is 16.8. The highest BCUT2D eigenvalue weighted by Crippen LogP contribution is 2.43. The summed E-state index contributed by atoms with van der Waals surface area (Å²) in [7, 11) is 5.09. The van der Waals surface area contributed by atoms with Crippen LogP contribution in [0.3, 0.4) is 0 Å². The molecule has 0 aromatic rings. The molecule has 0 aromatic heterocycles. The maximum absolute atomic E-state index is 14.5. The van der Waals surface area contributed by atoms with E-state index in [4.69, 9.17) is 54.1 Å². The number of likely N-dealkylation sites (N-methyl/N-ethyl adjacent to an activating group) is 1. The topological polar surface area (TPSA) is 256 Å². The third-order valence-corrected chi connectivity index (χ3v) is 13.0. The van der Waals surface area contributed by atoms with E-state index in [1.165, 1.54) is 7.11 Å². The largest absolute Gasteiger partial charge is 0.458 e. The molecule has 4 heterocycles. The molecule has 4 aliphatic heterocycles. The molecule has 0 spiro atoms. The minimum Gasteiger partial charge on any atom is -0.458 e. The number of cyclic esters (lactones) is 1. The van der Waals surface area contributed by atoms with Crippen LogP contribution in [0.2, 0.25) is 0 Å². The Morgan fingerprint density at radius 1 is 0.915 bits per heavy atom. The molecule has 19 heteroatoms. The summed E-state index contributed by atoms with van der Waals surface area (Å²) in [5.41, 5.74) is 6.77. The second-order valence-corrected chi connectivity index (χ2v) is 17.8. The van der Waals surface area contributed by atoms with Gasteiger partial charge in [-0.2, -0.15) is 0 Å². The molecule has 18 atom stereocenters. The molecule has 0 aliphatic carbocycles. The van der Waals surface area contributed by atoms with Gasteiger partial charge in [0.2, 0.25) is 0 Å². The van der Waals surface area contributed by atoms with E-state index in [9.17, 15) is 29.1 Å². The molecule has 338 valence electrons. The number of carbonyl (C=O) groups excluding carboxylic acids is 5. The van der Waals surface area contributed by atoms with Gasteiger partial charge in [0.15, 0.2) is 24.3 Å². The van der Waals surface area contributed by atoms with Crippen LogP contribution in [-0.2, 0) is 52.2 Å². The number of Topliss-reactive ketones (excluding diaryl/α,β-unsaturated/α-hetero) is 1. The van der Waals surface area contributed by atoms with Crippen LogP contribution in [0.15, 0.2) is 0 Å². The Morgan fingerprint density at radius 2 is 1.56 bits per heavy atom. The van der Waals surface area contributed by atoms with Gasteiger partial charge < -0.3 is 69.4 Å². The SMILES string of the molecule is CC[C@H]1OC(=O)[C@H](C)[C@H](O[C@H]2C[C@@](C)(OC)[C@@H](OC(N)=O)[C@H](C)O2)[C@H](C)[C@@H](O[C@@H]2O[C@H](C)C[C@H](N(C)C)[C@H]2O)[C@@](C)(OC(N)=O)C[C@@H](C)C(=O)[C@H](C)[C@H]2NC(=O)O[C@@]21C. The first-order valence-corrected chi connectivity index (χ1v) is 20.5. The Morgan fingerprint density at radius 3 is 2.12 bits per heavy atom. The first-order chi connectivity index (χ1) is 27.3. The highest BCUT2D eigenvalue weighted by molar-refractivity contribution is 5.85. The summed E-state index contributed by atoms with van der Waals surface area (Å²) in [6, 6.07) is -1.32. The number of aliphatic hydroxyl groups excluding tert-OH is 1. The standard InChI is InChI=1S/C40H68N4O15/c1-14-25-40(10)30(43-37(50)59-40)20(4)27(45)18(2)16-39(9,58-36(42)49)31(56-34-28(46)24(44(11)12)15-19(3)52-34)21(5)29(22(6)33(47)54-25)55-26-17-38(8,51-13)32(23(7)53-26)57-35(41)48/h18-26,28-32,34,46H,14-17H2,1-13H3,(H2,41,48)(H2,42,49)(H,43,50)/t18-,19-,20+,21+,22-,23+,24+,25-,26+,28-,29-,30-,31-,32+,34+,38-,39+,40-/m1/s1. The predicted octanol–water partition coefficient (Wildman–Crippen LogP) is 2.75. The van der Waals surface area contributed by atoms with Crippen molar-refractivity contribution >= 4 is 30.0 Å². The first kappa shape index (κ1) is 48.3. The fourth-order valence-corrected chi connectivity index (χ4v) is 9.80. The van der Waals surface area contributed by atoms with Gasteiger partial charge in [-0.25, -0.2) is 14.4 Å². The molecule has 0 saturated carbocycles. The summed E-state index contributed by atoms with van der Waals surface area (Å²) in [6.07, 6.45) is -11.6. The second-order valence-electron chi connectivity index (χ2n) is 17.8. The van der Waals surface area contributed by atoms with E-state index in [1.807, 2.05) is 25.9 Å². The summed E-state index contributed by atoms with van der Waals surface area (Å²) in [4.78, 5) is 68.5. The van der Waals surface area contributed by atoms with Crippen molar-refractivity contribution in [1.82, 2.24) is 10.2 Å². The van der Waals surface area contributed by atoms with Crippen molar-refractivity contribution in [3.63, 3.8) is 0 Å². The first-order valence-electron chi connectivity index (χ1n) is 20.5. The molecule has 0 radical (unpaired) electrons. The Kier molecular flexibility index (Phi) is 15.4. The Bertz CT molecular complexity index is 1540. The number of ketones is 1. The molecule has 0 bridgehead atoms. The third kappa shape index (κ3) is 10.2. The van der Waals surface area contributed by atoms with Crippen molar-refractivity contribution in [3.05, 3.63) is 0 Å². The van der Waals surface area contributed by atoms with Gasteiger partial charge in [0.1, 0.15) is 35.3 Å². The van der Waals surface area contributed by atoms with Gasteiger partial charge in [0.25, 0.3) is 0 Å². The number of ether oxygens (including phenoxy) is 9. The maximum atomic E-state index is 14.5. The van der Waals surface area contributed by atoms with Gasteiger partial charge in [-0.05, 0) is 74.9 Å². The van der Waals surface area contributed by atoms with E-state index in [0.717, 1.165) is 0 Å². The maximum Gasteiger partial charge on any atom is 0.408 e. The number of fused-ring (bicyclic) bond motifs is 1. The van der Waals surface area contributed by atoms with Gasteiger partial charge in [0.05, 0.1) is 30.3 Å². The van der Waals surface area contributed by atoms with Crippen LogP contribution < -0.4 is 16.8 Å². The molecule has 4 saturated heterocycles. The van der Waals surface area contributed by atoms with E-state index >= 15 is 0 Å². The van der Waals surface area contributed by atoms with Gasteiger partial charge in [-0.1, -0.05) is 27.7 Å². The number of hydrogen-bond acceptors (Lipinski definition) is 16. The lowest BCUT2D eigenvalue weighted by molar-refractivity contribution is -0.317. The molecule has 0 aromatic carbocycles. The van der Waals surface area contributed by atoms with E-state index in [-0.39, 0.29) is 31.1 Å². The number of nitrogens with two attached hydrogens (primary N) is 2. The van der Waals surface area contributed by atoms with Crippen LogP contribution in [0.4, 0.5) is 14.4 Å². The van der Waals surface area contributed by atoms with Crippen LogP contribution in [0, 0.1) is 23.7 Å². The van der Waals surface area contributed by atoms with Crippen molar-refractivity contribution in [1.29, 1.82) is 0 Å². The zero-order valence-corrected chi connectivity index (χ0v) is 36.8. The van der Waals surface area contributed by atoms with Crippen LogP contribution in [0.5, 0.6) is 0 Å². The summed E-state index contributed by atoms with van der Waals surface area (Å²) in [5.74, 6) is -4.88. The van der Waals surface area contributed by atoms with Crippen molar-refractivity contribution in [2.75, 3.05) is 21.2 Å². The molecule has 4 fully saturated rings. The fourth-order valence-electron chi connectivity index (χ4n) is 9.80. The molecule has 19 nitrogen and oxygen atoms in total. The number of rotatable bonds is 9. The van der Waals surface area contributed by atoms with E-state index in [0.29, 0.717) is 6.42 Å². The average molecular weight is 845 g/mol. The van der Waals surface area contributed by atoms with Gasteiger partial charge in [-0.3, -0.25) is 9.59 Å². The Labute approximate surface area is 347 Å². The molecule has 3 amide bonds. The number of carbonyl (C=O) groups is 5. The molecule has 59 heavy (non-hydrogen) atoms. The van der Waals surface area contributed by atoms with E-state index in [1.54, 1.807) is 62.3 Å². The average Bonchev–Trinajstić information content (AvgIpc) is 3.46. The number of nitrogens with one attached hydrogen (secondary N) is 1. The summed E-state index contributed by atoms with van der Waals surface area (Å²) in [5, 5.41) is 14.5. The summed E-state index contributed by atoms with van der Waals surface area (Å²) < 4.78 is 55.3. The molecular formula is C40H68N4O15. The van der Waals surface area contributed by atoms with Crippen LogP contribution in [-0.4, -0.2) is 145 Å². The fraction of sp³-hybridized carbons (Fsp3) is 0.875. The minimum atomic E-state index is -1.75. The highest BCUT2D eigenvalue weighted by atomic mass is 16.7. The summed E-state index contributed by atoms with van der Waals surface area (Å²) >= 11 is 0. The quantitative estimate of drug-likeness (QED) is 0.192. The van der Waals surface area contributed by atoms with Crippen molar-refractivity contribution in [2.45, 2.75) is 179 Å². The number of nitrogens with zero attached hydrogens (tertiary/aromatic N) is 1. The molecule has 0 unspecified atom stereocenters. The number of methoxy groups -OCH3 is 1. The molecule has 6 N–H and O–H groups in total. The number of alkyl carbamates (subject to hydrolysis) is 1. The van der Waals surface area contributed by atoms with Crippen molar-refractivity contribution in [3.8, 4) is 0 Å². The predicted molar refractivity (Wildman–Crippen MR) is 208 cm³/mol. The normalized spacial score (nSPS) is 45.0. The number of amides is 3. The minimum absolute atomic E-state index is 0.00773. The number of hydrogen-bond donors (Lipinski definition) is 4. The monoisotopic (exact) mass is 844 g/mol. The van der Waals surface area contributed by atoms with E-state index in [2.05, 4.69) is 5.32 Å². The second kappa shape index (κ2) is 18.7. The third-order valence-electron chi connectivity index (χ3n) is 13.0. The van der Waals surface area contributed by atoms with Crippen molar-refractivity contribution in [2.24, 2.45) is 35.1 Å². The number of esters is 1. The Balaban J connectivity index is 1.92. The molecular weight excluding hydrogens is 776 g/mol. The van der Waals surface area contributed by atoms with Gasteiger partial charge >= 0.3 is 24.2 Å². The lowest BCUT2D eigenvalue weighted by Gasteiger charge is -2.50. The van der Waals surface area contributed by atoms with Crippen LogP contribution in [0.25, 0.3) is 0 Å². The van der Waals surface area contributed by atoms with Gasteiger partial charge in [-0.15, -0.1) is 0 Å². The lowest BCUT2D eigenvalue weighted by atomic mass is 9.73. The van der Waals surface area contributed by atoms with Crippen molar-refractivity contribution < 1.29 is 71.7 Å². The lowest BCUT2D eigenvalue weighted by Crippen LogP contribution is -2.62. The van der Waals surface area contributed by atoms with E-state index < -0.39 is 126 Å².